The van der Waals surface area contributed by atoms with Gasteiger partial charge in [0, 0.05) is 23.4 Å². The summed E-state index contributed by atoms with van der Waals surface area (Å²) in [7, 11) is 1.88. The Hall–Kier alpha value is -0.980. The second-order valence-corrected chi connectivity index (χ2v) is 6.08. The third-order valence-corrected chi connectivity index (χ3v) is 4.97. The molecule has 2 rings (SSSR count). The first-order valence-corrected chi connectivity index (χ1v) is 7.81. The first kappa shape index (κ1) is 14.4. The Balaban J connectivity index is 1.81. The van der Waals surface area contributed by atoms with Gasteiger partial charge in [0.1, 0.15) is 5.82 Å². The van der Waals surface area contributed by atoms with E-state index in [9.17, 15) is 4.39 Å². The zero-order chi connectivity index (χ0) is 13.7. The van der Waals surface area contributed by atoms with Crippen LogP contribution >= 0.6 is 23.5 Å². The SMILES string of the molecule is Cn1c(CO)cnc1SCCSc1ccccc1F. The van der Waals surface area contributed by atoms with Crippen LogP contribution in [0.4, 0.5) is 4.39 Å². The van der Waals surface area contributed by atoms with Crippen LogP contribution in [-0.4, -0.2) is 26.2 Å². The van der Waals surface area contributed by atoms with Crippen LogP contribution in [0.5, 0.6) is 0 Å². The van der Waals surface area contributed by atoms with Crippen LogP contribution in [0.3, 0.4) is 0 Å². The quantitative estimate of drug-likeness (QED) is 0.657. The van der Waals surface area contributed by atoms with Crippen LogP contribution in [0, 0.1) is 5.82 Å². The van der Waals surface area contributed by atoms with Crippen molar-refractivity contribution in [3.63, 3.8) is 0 Å². The van der Waals surface area contributed by atoms with Crippen molar-refractivity contribution in [1.82, 2.24) is 9.55 Å². The molecule has 0 aliphatic carbocycles. The predicted octanol–water partition coefficient (Wildman–Crippen LogP) is 2.94. The molecule has 0 bridgehead atoms. The summed E-state index contributed by atoms with van der Waals surface area (Å²) in [6.07, 6.45) is 1.67. The minimum absolute atomic E-state index is 0.00592. The maximum absolute atomic E-state index is 13.4. The van der Waals surface area contributed by atoms with Crippen molar-refractivity contribution in [3.05, 3.63) is 42.0 Å². The first-order valence-electron chi connectivity index (χ1n) is 5.84. The van der Waals surface area contributed by atoms with Crippen molar-refractivity contribution in [2.45, 2.75) is 16.7 Å². The maximum Gasteiger partial charge on any atom is 0.167 e. The number of benzene rings is 1. The van der Waals surface area contributed by atoms with E-state index in [2.05, 4.69) is 4.98 Å². The lowest BCUT2D eigenvalue weighted by Gasteiger charge is -2.04. The Morgan fingerprint density at radius 2 is 2.00 bits per heavy atom. The van der Waals surface area contributed by atoms with Crippen molar-refractivity contribution in [2.75, 3.05) is 11.5 Å². The molecule has 1 aromatic heterocycles. The molecule has 0 amide bonds. The molecule has 3 nitrogen and oxygen atoms in total. The Bertz CT molecular complexity index is 545. The van der Waals surface area contributed by atoms with E-state index < -0.39 is 0 Å². The molecule has 0 saturated heterocycles. The first-order chi connectivity index (χ1) is 9.22. The average Bonchev–Trinajstić information content (AvgIpc) is 2.77. The van der Waals surface area contributed by atoms with Crippen molar-refractivity contribution in [1.29, 1.82) is 0 Å². The third-order valence-electron chi connectivity index (χ3n) is 2.61. The van der Waals surface area contributed by atoms with Gasteiger partial charge in [0.2, 0.25) is 0 Å². The van der Waals surface area contributed by atoms with Crippen LogP contribution in [0.2, 0.25) is 0 Å². The Morgan fingerprint density at radius 1 is 1.26 bits per heavy atom. The predicted molar refractivity (Wildman–Crippen MR) is 77.0 cm³/mol. The summed E-state index contributed by atoms with van der Waals surface area (Å²) < 4.78 is 15.3. The molecule has 1 aromatic carbocycles. The van der Waals surface area contributed by atoms with Gasteiger partial charge in [-0.15, -0.1) is 11.8 Å². The van der Waals surface area contributed by atoms with Crippen molar-refractivity contribution < 1.29 is 9.50 Å². The maximum atomic E-state index is 13.4. The van der Waals surface area contributed by atoms with E-state index in [0.717, 1.165) is 22.4 Å². The zero-order valence-electron chi connectivity index (χ0n) is 10.5. The Kier molecular flexibility index (Phi) is 5.30. The van der Waals surface area contributed by atoms with Gasteiger partial charge in [-0.2, -0.15) is 0 Å². The Labute approximate surface area is 120 Å². The number of aromatic nitrogens is 2. The van der Waals surface area contributed by atoms with Gasteiger partial charge >= 0.3 is 0 Å². The largest absolute Gasteiger partial charge is 0.390 e. The third kappa shape index (κ3) is 3.75. The highest BCUT2D eigenvalue weighted by atomic mass is 32.2. The van der Waals surface area contributed by atoms with E-state index in [4.69, 9.17) is 5.11 Å². The molecule has 0 atom stereocenters. The van der Waals surface area contributed by atoms with Crippen LogP contribution < -0.4 is 0 Å². The van der Waals surface area contributed by atoms with Crippen LogP contribution in [-0.2, 0) is 13.7 Å². The van der Waals surface area contributed by atoms with Gasteiger partial charge in [0.15, 0.2) is 5.16 Å². The number of aliphatic hydroxyl groups excluding tert-OH is 1. The van der Waals surface area contributed by atoms with Gasteiger partial charge in [0.25, 0.3) is 0 Å². The summed E-state index contributed by atoms with van der Waals surface area (Å²) >= 11 is 3.11. The molecular weight excluding hydrogens is 283 g/mol. The molecule has 102 valence electrons. The number of nitrogens with zero attached hydrogens (tertiary/aromatic N) is 2. The number of halogens is 1. The summed E-state index contributed by atoms with van der Waals surface area (Å²) in [5, 5.41) is 9.94. The highest BCUT2D eigenvalue weighted by Gasteiger charge is 2.06. The van der Waals surface area contributed by atoms with E-state index in [0.29, 0.717) is 4.90 Å². The van der Waals surface area contributed by atoms with Crippen molar-refractivity contribution in [2.24, 2.45) is 7.05 Å². The fourth-order valence-electron chi connectivity index (χ4n) is 1.55. The number of thioether (sulfide) groups is 2. The van der Waals surface area contributed by atoms with Gasteiger partial charge in [0.05, 0.1) is 18.5 Å². The summed E-state index contributed by atoms with van der Waals surface area (Å²) in [6.45, 7) is -0.00592. The smallest absolute Gasteiger partial charge is 0.167 e. The molecule has 1 N–H and O–H groups in total. The Morgan fingerprint density at radius 3 is 2.68 bits per heavy atom. The summed E-state index contributed by atoms with van der Waals surface area (Å²) in [5.41, 5.74) is 0.796. The molecule has 0 spiro atoms. The van der Waals surface area contributed by atoms with E-state index in [1.165, 1.54) is 17.8 Å². The summed E-state index contributed by atoms with van der Waals surface area (Å²) in [4.78, 5) is 4.91. The van der Waals surface area contributed by atoms with Crippen LogP contribution in [0.1, 0.15) is 5.69 Å². The summed E-state index contributed by atoms with van der Waals surface area (Å²) in [6, 6.07) is 6.79. The van der Waals surface area contributed by atoms with Gasteiger partial charge in [-0.1, -0.05) is 23.9 Å². The topological polar surface area (TPSA) is 38.0 Å². The highest BCUT2D eigenvalue weighted by Crippen LogP contribution is 2.24. The van der Waals surface area contributed by atoms with E-state index in [1.807, 2.05) is 17.7 Å². The number of rotatable bonds is 6. The summed E-state index contributed by atoms with van der Waals surface area (Å²) in [5.74, 6) is 1.49. The highest BCUT2D eigenvalue weighted by molar-refractivity contribution is 8.02. The lowest BCUT2D eigenvalue weighted by atomic mass is 10.3. The van der Waals surface area contributed by atoms with Gasteiger partial charge in [-0.25, -0.2) is 9.37 Å². The number of aliphatic hydroxyl groups is 1. The standard InChI is InChI=1S/C13H15FN2OS2/c1-16-10(9-17)8-15-13(16)19-7-6-18-12-5-3-2-4-11(12)14/h2-5,8,17H,6-7,9H2,1H3. The number of imidazole rings is 1. The molecule has 0 aliphatic heterocycles. The van der Waals surface area contributed by atoms with Gasteiger partial charge < -0.3 is 9.67 Å². The van der Waals surface area contributed by atoms with Crippen LogP contribution in [0.15, 0.2) is 40.5 Å². The second kappa shape index (κ2) is 6.98. The zero-order valence-corrected chi connectivity index (χ0v) is 12.2. The molecule has 6 heteroatoms. The van der Waals surface area contributed by atoms with E-state index >= 15 is 0 Å². The molecule has 19 heavy (non-hydrogen) atoms. The number of hydrogen-bond donors (Lipinski definition) is 1. The molecule has 0 saturated carbocycles. The monoisotopic (exact) mass is 298 g/mol. The average molecular weight is 298 g/mol. The van der Waals surface area contributed by atoms with Crippen LogP contribution in [0.25, 0.3) is 0 Å². The molecule has 0 radical (unpaired) electrons. The molecule has 0 aliphatic rings. The lowest BCUT2D eigenvalue weighted by Crippen LogP contribution is -1.98. The number of hydrogen-bond acceptors (Lipinski definition) is 4. The lowest BCUT2D eigenvalue weighted by molar-refractivity contribution is 0.271. The fourth-order valence-corrected chi connectivity index (χ4v) is 3.44. The fraction of sp³-hybridized carbons (Fsp3) is 0.308. The van der Waals surface area contributed by atoms with Crippen molar-refractivity contribution in [3.8, 4) is 0 Å². The second-order valence-electron chi connectivity index (χ2n) is 3.88. The van der Waals surface area contributed by atoms with Gasteiger partial charge in [-0.05, 0) is 12.1 Å². The molecule has 0 unspecified atom stereocenters. The van der Waals surface area contributed by atoms with E-state index in [-0.39, 0.29) is 12.4 Å². The molecular formula is C13H15FN2OS2. The molecule has 1 heterocycles. The molecule has 0 fully saturated rings. The van der Waals surface area contributed by atoms with Gasteiger partial charge in [-0.3, -0.25) is 0 Å². The molecule has 2 aromatic rings. The van der Waals surface area contributed by atoms with E-state index in [1.54, 1.807) is 30.1 Å². The minimum Gasteiger partial charge on any atom is -0.390 e. The van der Waals surface area contributed by atoms with Crippen molar-refractivity contribution >= 4 is 23.5 Å². The normalized spacial score (nSPS) is 10.9. The minimum atomic E-state index is -0.169.